The van der Waals surface area contributed by atoms with Crippen LogP contribution in [0.5, 0.6) is 0 Å². The molecular formula is C13H26N2O2. The second-order valence-corrected chi connectivity index (χ2v) is 4.97. The Morgan fingerprint density at radius 3 is 2.65 bits per heavy atom. The Kier molecular flexibility index (Phi) is 5.40. The lowest BCUT2D eigenvalue weighted by molar-refractivity contribution is -0.133. The largest absolute Gasteiger partial charge is 0.380 e. The predicted octanol–water partition coefficient (Wildman–Crippen LogP) is 1.75. The first kappa shape index (κ1) is 14.5. The number of amides is 1. The van der Waals surface area contributed by atoms with Gasteiger partial charge in [0.25, 0.3) is 0 Å². The maximum atomic E-state index is 12.2. The molecular weight excluding hydrogens is 216 g/mol. The van der Waals surface area contributed by atoms with Crippen molar-refractivity contribution >= 4 is 5.91 Å². The number of unbranched alkanes of at least 4 members (excludes halogenated alkanes) is 1. The molecule has 0 saturated carbocycles. The number of ether oxygens (including phenoxy) is 1. The van der Waals surface area contributed by atoms with Crippen LogP contribution in [0.25, 0.3) is 0 Å². The van der Waals surface area contributed by atoms with E-state index in [9.17, 15) is 4.79 Å². The summed E-state index contributed by atoms with van der Waals surface area (Å²) in [6.07, 6.45) is 3.17. The Hall–Kier alpha value is -0.610. The molecule has 4 heteroatoms. The molecule has 1 fully saturated rings. The van der Waals surface area contributed by atoms with Crippen LogP contribution in [0.4, 0.5) is 0 Å². The lowest BCUT2D eigenvalue weighted by Crippen LogP contribution is -2.43. The average Bonchev–Trinajstić information content (AvgIpc) is 2.52. The van der Waals surface area contributed by atoms with Crippen LogP contribution in [0.1, 0.15) is 47.0 Å². The quantitative estimate of drug-likeness (QED) is 0.692. The fourth-order valence-electron chi connectivity index (χ4n) is 2.15. The third-order valence-corrected chi connectivity index (χ3v) is 3.55. The maximum Gasteiger partial charge on any atom is 0.243 e. The number of carbonyl (C=O) groups is 1. The molecule has 0 aromatic heterocycles. The molecule has 2 unspecified atom stereocenters. The summed E-state index contributed by atoms with van der Waals surface area (Å²) in [5.74, 6) is 0.201. The van der Waals surface area contributed by atoms with Gasteiger partial charge in [-0.1, -0.05) is 20.3 Å². The number of rotatable bonds is 7. The van der Waals surface area contributed by atoms with Crippen molar-refractivity contribution in [2.24, 2.45) is 0 Å². The fourth-order valence-corrected chi connectivity index (χ4v) is 2.15. The summed E-state index contributed by atoms with van der Waals surface area (Å²) >= 11 is 0. The zero-order valence-electron chi connectivity index (χ0n) is 11.6. The fraction of sp³-hybridized carbons (Fsp3) is 0.923. The summed E-state index contributed by atoms with van der Waals surface area (Å²) in [6, 6.07) is 0. The van der Waals surface area contributed by atoms with Crippen molar-refractivity contribution < 1.29 is 9.53 Å². The van der Waals surface area contributed by atoms with Gasteiger partial charge in [0, 0.05) is 13.2 Å². The van der Waals surface area contributed by atoms with Crippen LogP contribution in [-0.4, -0.2) is 42.3 Å². The minimum Gasteiger partial charge on any atom is -0.380 e. The summed E-state index contributed by atoms with van der Waals surface area (Å²) in [5.41, 5.74) is -0.386. The summed E-state index contributed by atoms with van der Waals surface area (Å²) in [7, 11) is 0. The minimum atomic E-state index is -0.386. The summed E-state index contributed by atoms with van der Waals surface area (Å²) in [6.45, 7) is 10.3. The lowest BCUT2D eigenvalue weighted by Gasteiger charge is -2.21. The summed E-state index contributed by atoms with van der Waals surface area (Å²) < 4.78 is 5.51. The predicted molar refractivity (Wildman–Crippen MR) is 68.7 cm³/mol. The molecule has 1 aliphatic heterocycles. The van der Waals surface area contributed by atoms with E-state index in [1.165, 1.54) is 0 Å². The highest BCUT2D eigenvalue weighted by Gasteiger charge is 2.44. The molecule has 0 aromatic carbocycles. The van der Waals surface area contributed by atoms with Gasteiger partial charge in [0.05, 0.1) is 18.3 Å². The molecule has 0 spiro atoms. The normalized spacial score (nSPS) is 29.1. The van der Waals surface area contributed by atoms with Crippen molar-refractivity contribution in [3.05, 3.63) is 0 Å². The van der Waals surface area contributed by atoms with E-state index in [-0.39, 0.29) is 17.6 Å². The van der Waals surface area contributed by atoms with E-state index in [1.807, 2.05) is 25.7 Å². The zero-order valence-corrected chi connectivity index (χ0v) is 11.6. The molecule has 1 N–H and O–H groups in total. The van der Waals surface area contributed by atoms with Crippen LogP contribution in [-0.2, 0) is 9.53 Å². The molecule has 1 aliphatic rings. The number of hydrogen-bond donors (Lipinski definition) is 1. The standard InChI is InChI=1S/C13H26N2O2/c1-5-7-9-17-10-8-15-11(3)14-13(4,6-2)12(15)16/h11,14H,5-10H2,1-4H3. The molecule has 0 aliphatic carbocycles. The number of carbonyl (C=O) groups excluding carboxylic acids is 1. The van der Waals surface area contributed by atoms with Crippen LogP contribution in [0.3, 0.4) is 0 Å². The van der Waals surface area contributed by atoms with E-state index in [4.69, 9.17) is 4.74 Å². The second-order valence-electron chi connectivity index (χ2n) is 4.97. The maximum absolute atomic E-state index is 12.2. The topological polar surface area (TPSA) is 41.6 Å². The number of nitrogens with zero attached hydrogens (tertiary/aromatic N) is 1. The van der Waals surface area contributed by atoms with E-state index in [0.29, 0.717) is 13.2 Å². The van der Waals surface area contributed by atoms with Gasteiger partial charge in [0.2, 0.25) is 5.91 Å². The van der Waals surface area contributed by atoms with Crippen LogP contribution in [0, 0.1) is 0 Å². The molecule has 17 heavy (non-hydrogen) atoms. The molecule has 1 amide bonds. The molecule has 4 nitrogen and oxygen atoms in total. The van der Waals surface area contributed by atoms with Gasteiger partial charge in [-0.15, -0.1) is 0 Å². The van der Waals surface area contributed by atoms with Gasteiger partial charge in [0.15, 0.2) is 0 Å². The third kappa shape index (κ3) is 3.42. The summed E-state index contributed by atoms with van der Waals surface area (Å²) in [4.78, 5) is 14.1. The van der Waals surface area contributed by atoms with Crippen LogP contribution >= 0.6 is 0 Å². The Labute approximate surface area is 105 Å². The first-order chi connectivity index (χ1) is 8.05. The second kappa shape index (κ2) is 6.36. The molecule has 1 rings (SSSR count). The van der Waals surface area contributed by atoms with Crippen molar-refractivity contribution in [1.82, 2.24) is 10.2 Å². The molecule has 1 saturated heterocycles. The first-order valence-electron chi connectivity index (χ1n) is 6.71. The third-order valence-electron chi connectivity index (χ3n) is 3.55. The smallest absolute Gasteiger partial charge is 0.243 e. The number of hydrogen-bond acceptors (Lipinski definition) is 3. The van der Waals surface area contributed by atoms with Crippen molar-refractivity contribution in [3.8, 4) is 0 Å². The zero-order chi connectivity index (χ0) is 12.9. The van der Waals surface area contributed by atoms with Crippen molar-refractivity contribution in [3.63, 3.8) is 0 Å². The van der Waals surface area contributed by atoms with Gasteiger partial charge in [-0.05, 0) is 26.7 Å². The van der Waals surface area contributed by atoms with Crippen LogP contribution in [0.2, 0.25) is 0 Å². The van der Waals surface area contributed by atoms with E-state index in [0.717, 1.165) is 25.9 Å². The first-order valence-corrected chi connectivity index (χ1v) is 6.71. The highest BCUT2D eigenvalue weighted by atomic mass is 16.5. The summed E-state index contributed by atoms with van der Waals surface area (Å²) in [5, 5.41) is 3.35. The Bertz CT molecular complexity index is 258. The molecule has 0 aromatic rings. The molecule has 100 valence electrons. The van der Waals surface area contributed by atoms with Gasteiger partial charge < -0.3 is 9.64 Å². The average molecular weight is 242 g/mol. The van der Waals surface area contributed by atoms with Crippen LogP contribution < -0.4 is 5.32 Å². The van der Waals surface area contributed by atoms with Gasteiger partial charge in [0.1, 0.15) is 0 Å². The SMILES string of the molecule is CCCCOCCN1C(=O)C(C)(CC)NC1C. The molecule has 0 bridgehead atoms. The van der Waals surface area contributed by atoms with Crippen LogP contribution in [0.15, 0.2) is 0 Å². The van der Waals surface area contributed by atoms with Crippen molar-refractivity contribution in [1.29, 1.82) is 0 Å². The van der Waals surface area contributed by atoms with Gasteiger partial charge >= 0.3 is 0 Å². The Balaban J connectivity index is 2.36. The van der Waals surface area contributed by atoms with Crippen molar-refractivity contribution in [2.45, 2.75) is 58.7 Å². The highest BCUT2D eigenvalue weighted by molar-refractivity contribution is 5.88. The molecule has 2 atom stereocenters. The van der Waals surface area contributed by atoms with Gasteiger partial charge in [-0.3, -0.25) is 10.1 Å². The Morgan fingerprint density at radius 1 is 1.41 bits per heavy atom. The van der Waals surface area contributed by atoms with Gasteiger partial charge in [-0.25, -0.2) is 0 Å². The van der Waals surface area contributed by atoms with Crippen molar-refractivity contribution in [2.75, 3.05) is 19.8 Å². The minimum absolute atomic E-state index is 0.113. The Morgan fingerprint density at radius 2 is 2.12 bits per heavy atom. The molecule has 1 heterocycles. The lowest BCUT2D eigenvalue weighted by atomic mass is 9.99. The van der Waals surface area contributed by atoms with Gasteiger partial charge in [-0.2, -0.15) is 0 Å². The monoisotopic (exact) mass is 242 g/mol. The highest BCUT2D eigenvalue weighted by Crippen LogP contribution is 2.22. The van der Waals surface area contributed by atoms with E-state index < -0.39 is 0 Å². The number of nitrogens with one attached hydrogen (secondary N) is 1. The van der Waals surface area contributed by atoms with E-state index in [2.05, 4.69) is 12.2 Å². The van der Waals surface area contributed by atoms with E-state index >= 15 is 0 Å². The molecule has 0 radical (unpaired) electrons. The van der Waals surface area contributed by atoms with E-state index in [1.54, 1.807) is 0 Å².